The van der Waals surface area contributed by atoms with Gasteiger partial charge in [-0.3, -0.25) is 19.5 Å². The summed E-state index contributed by atoms with van der Waals surface area (Å²) in [5, 5.41) is 22.2. The Morgan fingerprint density at radius 2 is 2.19 bits per heavy atom. The number of non-ortho nitro benzene ring substituents is 1. The van der Waals surface area contributed by atoms with Gasteiger partial charge < -0.3 is 9.73 Å². The van der Waals surface area contributed by atoms with Gasteiger partial charge in [-0.1, -0.05) is 17.8 Å². The van der Waals surface area contributed by atoms with E-state index < -0.39 is 4.92 Å². The van der Waals surface area contributed by atoms with Gasteiger partial charge in [0.2, 0.25) is 5.91 Å². The van der Waals surface area contributed by atoms with E-state index >= 15 is 0 Å². The summed E-state index contributed by atoms with van der Waals surface area (Å²) in [4.78, 5) is 22.4. The molecular formula is C16H15N5O4S. The van der Waals surface area contributed by atoms with E-state index in [0.29, 0.717) is 29.0 Å². The number of furan rings is 1. The van der Waals surface area contributed by atoms with Crippen LogP contribution < -0.4 is 5.32 Å². The Balaban J connectivity index is 1.65. The molecule has 9 nitrogen and oxygen atoms in total. The van der Waals surface area contributed by atoms with Gasteiger partial charge in [0.1, 0.15) is 0 Å². The van der Waals surface area contributed by atoms with Gasteiger partial charge in [0, 0.05) is 24.4 Å². The van der Waals surface area contributed by atoms with E-state index in [4.69, 9.17) is 4.42 Å². The second kappa shape index (κ2) is 7.83. The van der Waals surface area contributed by atoms with Crippen LogP contribution >= 0.6 is 11.8 Å². The van der Waals surface area contributed by atoms with E-state index in [9.17, 15) is 14.9 Å². The molecule has 10 heteroatoms. The third kappa shape index (κ3) is 3.91. The average molecular weight is 373 g/mol. The normalized spacial score (nSPS) is 10.7. The quantitative estimate of drug-likeness (QED) is 0.384. The fourth-order valence-corrected chi connectivity index (χ4v) is 3.10. The molecule has 0 saturated heterocycles. The maximum absolute atomic E-state index is 12.1. The number of nitrogens with zero attached hydrogens (tertiary/aromatic N) is 4. The maximum atomic E-state index is 12.1. The van der Waals surface area contributed by atoms with Crippen LogP contribution in [0, 0.1) is 10.1 Å². The topological polar surface area (TPSA) is 116 Å². The standard InChI is InChI=1S/C16H15N5O4S/c1-2-20-15(13-7-4-8-25-13)18-19-16(20)26-10-14(22)17-11-5-3-6-12(9-11)21(23)24/h3-9H,2,10H2,1H3,(H,17,22). The number of anilines is 1. The van der Waals surface area contributed by atoms with Gasteiger partial charge in [-0.25, -0.2) is 0 Å². The fraction of sp³-hybridized carbons (Fsp3) is 0.188. The van der Waals surface area contributed by atoms with Gasteiger partial charge in [-0.05, 0) is 25.1 Å². The largest absolute Gasteiger partial charge is 0.461 e. The van der Waals surface area contributed by atoms with Gasteiger partial charge >= 0.3 is 0 Å². The molecule has 26 heavy (non-hydrogen) atoms. The Bertz CT molecular complexity index is 923. The summed E-state index contributed by atoms with van der Waals surface area (Å²) in [6.45, 7) is 2.57. The number of hydrogen-bond donors (Lipinski definition) is 1. The lowest BCUT2D eigenvalue weighted by molar-refractivity contribution is -0.384. The fourth-order valence-electron chi connectivity index (χ4n) is 2.29. The summed E-state index contributed by atoms with van der Waals surface area (Å²) in [5.74, 6) is 1.01. The van der Waals surface area contributed by atoms with Crippen LogP contribution in [0.15, 0.2) is 52.2 Å². The number of carbonyl (C=O) groups excluding carboxylic acids is 1. The molecule has 0 bridgehead atoms. The smallest absolute Gasteiger partial charge is 0.271 e. The Kier molecular flexibility index (Phi) is 5.32. The molecule has 1 N–H and O–H groups in total. The summed E-state index contributed by atoms with van der Waals surface area (Å²) < 4.78 is 7.19. The van der Waals surface area contributed by atoms with Gasteiger partial charge in [-0.2, -0.15) is 0 Å². The molecule has 0 unspecified atom stereocenters. The lowest BCUT2D eigenvalue weighted by Crippen LogP contribution is -2.14. The number of nitrogens with one attached hydrogen (secondary N) is 1. The Hall–Kier alpha value is -3.14. The highest BCUT2D eigenvalue weighted by molar-refractivity contribution is 7.99. The third-order valence-electron chi connectivity index (χ3n) is 3.45. The first-order valence-corrected chi connectivity index (χ1v) is 8.71. The van der Waals surface area contributed by atoms with E-state index in [2.05, 4.69) is 15.5 Å². The SMILES string of the molecule is CCn1c(SCC(=O)Nc2cccc([N+](=O)[O-])c2)nnc1-c1ccco1. The zero-order chi connectivity index (χ0) is 18.5. The van der Waals surface area contributed by atoms with Crippen LogP contribution in [0.25, 0.3) is 11.6 Å². The molecule has 3 rings (SSSR count). The van der Waals surface area contributed by atoms with Crippen LogP contribution in [0.3, 0.4) is 0 Å². The summed E-state index contributed by atoms with van der Waals surface area (Å²) in [6, 6.07) is 9.35. The number of amides is 1. The molecule has 2 aromatic heterocycles. The summed E-state index contributed by atoms with van der Waals surface area (Å²) in [5.41, 5.74) is 0.294. The van der Waals surface area contributed by atoms with Crippen LogP contribution in [0.5, 0.6) is 0 Å². The number of hydrogen-bond acceptors (Lipinski definition) is 7. The predicted octanol–water partition coefficient (Wildman–Crippen LogP) is 3.20. The van der Waals surface area contributed by atoms with Crippen molar-refractivity contribution >= 4 is 29.0 Å². The van der Waals surface area contributed by atoms with E-state index in [1.165, 1.54) is 30.0 Å². The van der Waals surface area contributed by atoms with Crippen LogP contribution in [0.2, 0.25) is 0 Å². The van der Waals surface area contributed by atoms with Gasteiger partial charge in [0.25, 0.3) is 5.69 Å². The van der Waals surface area contributed by atoms with E-state index in [1.54, 1.807) is 24.5 Å². The minimum Gasteiger partial charge on any atom is -0.461 e. The summed E-state index contributed by atoms with van der Waals surface area (Å²) >= 11 is 1.23. The molecule has 0 aliphatic rings. The van der Waals surface area contributed by atoms with Gasteiger partial charge in [-0.15, -0.1) is 10.2 Å². The maximum Gasteiger partial charge on any atom is 0.271 e. The van der Waals surface area contributed by atoms with Crippen molar-refractivity contribution in [2.75, 3.05) is 11.1 Å². The van der Waals surface area contributed by atoms with E-state index in [0.717, 1.165) is 0 Å². The molecule has 2 heterocycles. The molecule has 0 fully saturated rings. The van der Waals surface area contributed by atoms with Crippen LogP contribution in [-0.2, 0) is 11.3 Å². The highest BCUT2D eigenvalue weighted by Gasteiger charge is 2.16. The van der Waals surface area contributed by atoms with Crippen molar-refractivity contribution in [2.45, 2.75) is 18.6 Å². The van der Waals surface area contributed by atoms with Crippen molar-refractivity contribution in [2.24, 2.45) is 0 Å². The number of nitro benzene ring substituents is 1. The molecule has 134 valence electrons. The number of rotatable bonds is 7. The monoisotopic (exact) mass is 373 g/mol. The second-order valence-corrected chi connectivity index (χ2v) is 6.11. The first kappa shape index (κ1) is 17.7. The van der Waals surface area contributed by atoms with Crippen LogP contribution in [-0.4, -0.2) is 31.3 Å². The molecule has 0 spiro atoms. The number of thioether (sulfide) groups is 1. The van der Waals surface area contributed by atoms with Crippen molar-refractivity contribution in [1.29, 1.82) is 0 Å². The molecule has 0 aliphatic carbocycles. The lowest BCUT2D eigenvalue weighted by Gasteiger charge is -2.07. The van der Waals surface area contributed by atoms with Crippen LogP contribution in [0.1, 0.15) is 6.92 Å². The second-order valence-electron chi connectivity index (χ2n) is 5.17. The van der Waals surface area contributed by atoms with Crippen molar-refractivity contribution in [3.63, 3.8) is 0 Å². The van der Waals surface area contributed by atoms with Crippen LogP contribution in [0.4, 0.5) is 11.4 Å². The highest BCUT2D eigenvalue weighted by atomic mass is 32.2. The van der Waals surface area contributed by atoms with Crippen molar-refractivity contribution in [1.82, 2.24) is 14.8 Å². The Morgan fingerprint density at radius 3 is 2.88 bits per heavy atom. The molecular weight excluding hydrogens is 358 g/mol. The minimum atomic E-state index is -0.510. The molecule has 1 aromatic carbocycles. The number of carbonyl (C=O) groups is 1. The summed E-state index contributed by atoms with van der Waals surface area (Å²) in [7, 11) is 0. The number of benzene rings is 1. The third-order valence-corrected chi connectivity index (χ3v) is 4.41. The molecule has 0 saturated carbocycles. The predicted molar refractivity (Wildman–Crippen MR) is 95.8 cm³/mol. The van der Waals surface area contributed by atoms with Crippen molar-refractivity contribution < 1.29 is 14.1 Å². The molecule has 0 radical (unpaired) electrons. The zero-order valence-electron chi connectivity index (χ0n) is 13.8. The molecule has 0 aliphatic heterocycles. The minimum absolute atomic E-state index is 0.0794. The number of aromatic nitrogens is 3. The molecule has 0 atom stereocenters. The molecule has 1 amide bonds. The van der Waals surface area contributed by atoms with Gasteiger partial charge in [0.15, 0.2) is 16.7 Å². The lowest BCUT2D eigenvalue weighted by atomic mass is 10.3. The van der Waals surface area contributed by atoms with E-state index in [1.807, 2.05) is 11.5 Å². The van der Waals surface area contributed by atoms with Gasteiger partial charge in [0.05, 0.1) is 16.9 Å². The van der Waals surface area contributed by atoms with Crippen molar-refractivity contribution in [3.05, 3.63) is 52.8 Å². The van der Waals surface area contributed by atoms with E-state index in [-0.39, 0.29) is 17.3 Å². The number of nitro groups is 1. The first-order chi connectivity index (χ1) is 12.6. The first-order valence-electron chi connectivity index (χ1n) is 7.72. The zero-order valence-corrected chi connectivity index (χ0v) is 14.6. The Labute approximate surface area is 152 Å². The molecule has 3 aromatic rings. The summed E-state index contributed by atoms with van der Waals surface area (Å²) in [6.07, 6.45) is 1.56. The van der Waals surface area contributed by atoms with Crippen molar-refractivity contribution in [3.8, 4) is 11.6 Å². The average Bonchev–Trinajstić information content (AvgIpc) is 3.29. The Morgan fingerprint density at radius 1 is 1.35 bits per heavy atom. The highest BCUT2D eigenvalue weighted by Crippen LogP contribution is 2.24.